The quantitative estimate of drug-likeness (QED) is 0.798. The molecule has 4 nitrogen and oxygen atoms in total. The summed E-state index contributed by atoms with van der Waals surface area (Å²) < 4.78 is 48.7. The topological polar surface area (TPSA) is 71.4 Å². The summed E-state index contributed by atoms with van der Waals surface area (Å²) in [6.45, 7) is 0. The number of carbonyl (C=O) groups is 1. The summed E-state index contributed by atoms with van der Waals surface area (Å²) in [6.07, 6.45) is -1.05. The van der Waals surface area contributed by atoms with Crippen LogP contribution in [0.3, 0.4) is 0 Å². The highest BCUT2D eigenvalue weighted by Gasteiger charge is 2.45. The van der Waals surface area contributed by atoms with E-state index < -0.39 is 39.8 Å². The first kappa shape index (κ1) is 12.4. The lowest BCUT2D eigenvalue weighted by Crippen LogP contribution is -2.39. The monoisotopic (exact) mass is 242 g/mol. The number of hydrogen-bond acceptors (Lipinski definition) is 3. The summed E-state index contributed by atoms with van der Waals surface area (Å²) in [7, 11) is -3.42. The van der Waals surface area contributed by atoms with Crippen LogP contribution >= 0.6 is 0 Å². The molecule has 0 amide bonds. The summed E-state index contributed by atoms with van der Waals surface area (Å²) in [5.74, 6) is -7.07. The summed E-state index contributed by atoms with van der Waals surface area (Å²) in [5.41, 5.74) is 0. The van der Waals surface area contributed by atoms with Crippen LogP contribution in [0.2, 0.25) is 0 Å². The minimum Gasteiger partial charge on any atom is -0.481 e. The SMILES string of the molecule is O=C(O)CC(F)(F)C1CCCS(=O)(=O)C1. The number of aliphatic carboxylic acids is 1. The second-order valence-electron chi connectivity index (χ2n) is 3.79. The van der Waals surface area contributed by atoms with Crippen LogP contribution in [0.4, 0.5) is 8.78 Å². The Labute approximate surface area is 86.2 Å². The van der Waals surface area contributed by atoms with E-state index >= 15 is 0 Å². The number of rotatable bonds is 3. The van der Waals surface area contributed by atoms with Crippen molar-refractivity contribution in [3.63, 3.8) is 0 Å². The third-order valence-corrected chi connectivity index (χ3v) is 4.27. The third kappa shape index (κ3) is 3.40. The zero-order valence-corrected chi connectivity index (χ0v) is 8.77. The lowest BCUT2D eigenvalue weighted by molar-refractivity contribution is -0.149. The van der Waals surface area contributed by atoms with E-state index in [0.717, 1.165) is 0 Å². The van der Waals surface area contributed by atoms with Gasteiger partial charge in [0.25, 0.3) is 5.92 Å². The second kappa shape index (κ2) is 4.03. The van der Waals surface area contributed by atoms with E-state index in [4.69, 9.17) is 5.11 Å². The maximum atomic E-state index is 13.3. The molecule has 0 spiro atoms. The summed E-state index contributed by atoms with van der Waals surface area (Å²) in [6, 6.07) is 0. The van der Waals surface area contributed by atoms with Gasteiger partial charge in [0.2, 0.25) is 0 Å². The number of carboxylic acids is 1. The van der Waals surface area contributed by atoms with E-state index in [1.165, 1.54) is 0 Å². The molecule has 0 aromatic carbocycles. The van der Waals surface area contributed by atoms with Gasteiger partial charge >= 0.3 is 5.97 Å². The van der Waals surface area contributed by atoms with Crippen molar-refractivity contribution < 1.29 is 27.1 Å². The van der Waals surface area contributed by atoms with E-state index in [-0.39, 0.29) is 18.6 Å². The number of carboxylic acid groups (broad SMARTS) is 1. The van der Waals surface area contributed by atoms with Gasteiger partial charge in [0.05, 0.1) is 11.5 Å². The fraction of sp³-hybridized carbons (Fsp3) is 0.875. The molecular formula is C8H12F2O4S. The minimum absolute atomic E-state index is 0.0690. The van der Waals surface area contributed by atoms with Crippen LogP contribution in [-0.4, -0.2) is 36.9 Å². The van der Waals surface area contributed by atoms with Gasteiger partial charge in [0.1, 0.15) is 6.42 Å². The van der Waals surface area contributed by atoms with Crippen molar-refractivity contribution >= 4 is 15.8 Å². The predicted octanol–water partition coefficient (Wildman–Crippen LogP) is 0.921. The van der Waals surface area contributed by atoms with E-state index in [9.17, 15) is 22.0 Å². The Morgan fingerprint density at radius 3 is 2.53 bits per heavy atom. The molecule has 0 aromatic rings. The Hall–Kier alpha value is -0.720. The molecule has 88 valence electrons. The number of halogens is 2. The molecule has 0 radical (unpaired) electrons. The van der Waals surface area contributed by atoms with E-state index in [1.807, 2.05) is 0 Å². The molecule has 1 saturated heterocycles. The lowest BCUT2D eigenvalue weighted by Gasteiger charge is -2.28. The standard InChI is InChI=1S/C8H12F2O4S/c9-8(10,4-7(11)12)6-2-1-3-15(13,14)5-6/h6H,1-5H2,(H,11,12). The van der Waals surface area contributed by atoms with Crippen LogP contribution in [0.1, 0.15) is 19.3 Å². The Kier molecular flexibility index (Phi) is 3.32. The molecule has 7 heteroatoms. The molecular weight excluding hydrogens is 230 g/mol. The van der Waals surface area contributed by atoms with E-state index in [2.05, 4.69) is 0 Å². The highest BCUT2D eigenvalue weighted by Crippen LogP contribution is 2.35. The van der Waals surface area contributed by atoms with Gasteiger partial charge in [-0.25, -0.2) is 17.2 Å². The molecule has 1 atom stereocenters. The van der Waals surface area contributed by atoms with Gasteiger partial charge in [0, 0.05) is 5.92 Å². The summed E-state index contributed by atoms with van der Waals surface area (Å²) in [4.78, 5) is 10.2. The molecule has 1 aliphatic rings. The zero-order valence-electron chi connectivity index (χ0n) is 7.95. The molecule has 1 aliphatic heterocycles. The average Bonchev–Trinajstić information content (AvgIpc) is 1.99. The summed E-state index contributed by atoms with van der Waals surface area (Å²) >= 11 is 0. The van der Waals surface area contributed by atoms with Crippen LogP contribution < -0.4 is 0 Å². The second-order valence-corrected chi connectivity index (χ2v) is 6.01. The number of sulfone groups is 1. The van der Waals surface area contributed by atoms with Crippen LogP contribution in [0.15, 0.2) is 0 Å². The van der Waals surface area contributed by atoms with Crippen LogP contribution in [0, 0.1) is 5.92 Å². The van der Waals surface area contributed by atoms with Crippen molar-refractivity contribution in [1.29, 1.82) is 0 Å². The first-order chi connectivity index (χ1) is 6.73. The average molecular weight is 242 g/mol. The minimum atomic E-state index is -3.43. The van der Waals surface area contributed by atoms with Gasteiger partial charge in [0.15, 0.2) is 9.84 Å². The van der Waals surface area contributed by atoms with Gasteiger partial charge < -0.3 is 5.11 Å². The highest BCUT2D eigenvalue weighted by molar-refractivity contribution is 7.91. The van der Waals surface area contributed by atoms with E-state index in [0.29, 0.717) is 0 Å². The molecule has 1 rings (SSSR count). The third-order valence-electron chi connectivity index (χ3n) is 2.45. The van der Waals surface area contributed by atoms with Crippen LogP contribution in [0.5, 0.6) is 0 Å². The van der Waals surface area contributed by atoms with Gasteiger partial charge in [-0.2, -0.15) is 0 Å². The molecule has 1 fully saturated rings. The predicted molar refractivity (Wildman–Crippen MR) is 48.6 cm³/mol. The van der Waals surface area contributed by atoms with Crippen LogP contribution in [-0.2, 0) is 14.6 Å². The maximum absolute atomic E-state index is 13.3. The van der Waals surface area contributed by atoms with Crippen LogP contribution in [0.25, 0.3) is 0 Å². The first-order valence-corrected chi connectivity index (χ1v) is 6.35. The Balaban J connectivity index is 2.74. The van der Waals surface area contributed by atoms with E-state index in [1.54, 1.807) is 0 Å². The van der Waals surface area contributed by atoms with Gasteiger partial charge in [-0.1, -0.05) is 0 Å². The number of alkyl halides is 2. The molecule has 0 bridgehead atoms. The fourth-order valence-electron chi connectivity index (χ4n) is 1.70. The van der Waals surface area contributed by atoms with Crippen molar-refractivity contribution in [2.45, 2.75) is 25.2 Å². The molecule has 1 heterocycles. The molecule has 0 aliphatic carbocycles. The maximum Gasteiger partial charge on any atom is 0.309 e. The molecule has 1 unspecified atom stereocenters. The zero-order chi connectivity index (χ0) is 11.7. The molecule has 0 saturated carbocycles. The van der Waals surface area contributed by atoms with Gasteiger partial charge in [-0.15, -0.1) is 0 Å². The normalized spacial score (nSPS) is 26.1. The smallest absolute Gasteiger partial charge is 0.309 e. The highest BCUT2D eigenvalue weighted by atomic mass is 32.2. The fourth-order valence-corrected chi connectivity index (χ4v) is 3.50. The molecule has 15 heavy (non-hydrogen) atoms. The first-order valence-electron chi connectivity index (χ1n) is 4.53. The van der Waals surface area contributed by atoms with Crippen molar-refractivity contribution in [3.05, 3.63) is 0 Å². The van der Waals surface area contributed by atoms with Crippen molar-refractivity contribution in [3.8, 4) is 0 Å². The van der Waals surface area contributed by atoms with Crippen molar-refractivity contribution in [1.82, 2.24) is 0 Å². The Bertz CT molecular complexity index is 350. The molecule has 0 aromatic heterocycles. The lowest BCUT2D eigenvalue weighted by atomic mass is 9.95. The van der Waals surface area contributed by atoms with Gasteiger partial charge in [-0.05, 0) is 12.8 Å². The molecule has 1 N–H and O–H groups in total. The van der Waals surface area contributed by atoms with Crippen molar-refractivity contribution in [2.24, 2.45) is 5.92 Å². The summed E-state index contributed by atoms with van der Waals surface area (Å²) in [5, 5.41) is 8.28. The Morgan fingerprint density at radius 1 is 1.47 bits per heavy atom. The van der Waals surface area contributed by atoms with Gasteiger partial charge in [-0.3, -0.25) is 4.79 Å². The van der Waals surface area contributed by atoms with Crippen molar-refractivity contribution in [2.75, 3.05) is 11.5 Å². The number of hydrogen-bond donors (Lipinski definition) is 1. The Morgan fingerprint density at radius 2 is 2.07 bits per heavy atom. The largest absolute Gasteiger partial charge is 0.481 e.